The van der Waals surface area contributed by atoms with Gasteiger partial charge in [-0.2, -0.15) is 0 Å². The number of H-pyrrole nitrogens is 1. The molecule has 33 heavy (non-hydrogen) atoms. The van der Waals surface area contributed by atoms with E-state index in [9.17, 15) is 23.5 Å². The molecule has 3 N–H and O–H groups in total. The molecule has 10 heteroatoms. The number of imidazole rings is 1. The number of nitrogens with one attached hydrogen (secondary N) is 2. The number of β-amino-alcohol motifs (C(OH)–C–C–N with tert-alkyl or cyclic N) is 1. The highest BCUT2D eigenvalue weighted by molar-refractivity contribution is 5.90. The molecular formula is C23H26F2N4O4. The number of benzene rings is 2. The number of carbonyl (C=O) groups is 1. The third-order valence-electron chi connectivity index (χ3n) is 5.76. The summed E-state index contributed by atoms with van der Waals surface area (Å²) in [5.74, 6) is -1.07. The zero-order chi connectivity index (χ0) is 23.5. The number of halogens is 2. The van der Waals surface area contributed by atoms with E-state index in [0.717, 1.165) is 6.07 Å². The lowest BCUT2D eigenvalue weighted by Crippen LogP contribution is -2.42. The van der Waals surface area contributed by atoms with Gasteiger partial charge in [0.15, 0.2) is 0 Å². The van der Waals surface area contributed by atoms with Gasteiger partial charge in [0, 0.05) is 38.7 Å². The zero-order valence-electron chi connectivity index (χ0n) is 18.2. The summed E-state index contributed by atoms with van der Waals surface area (Å²) < 4.78 is 34.3. The second-order valence-electron chi connectivity index (χ2n) is 8.28. The highest BCUT2D eigenvalue weighted by Gasteiger charge is 2.25. The van der Waals surface area contributed by atoms with Gasteiger partial charge in [-0.25, -0.2) is 13.6 Å². The minimum atomic E-state index is -0.825. The van der Waals surface area contributed by atoms with E-state index in [2.05, 4.69) is 15.2 Å². The van der Waals surface area contributed by atoms with Crippen molar-refractivity contribution < 1.29 is 23.4 Å². The van der Waals surface area contributed by atoms with Gasteiger partial charge in [0.05, 0.1) is 16.7 Å². The van der Waals surface area contributed by atoms with Crippen LogP contribution in [0.4, 0.5) is 14.5 Å². The minimum absolute atomic E-state index is 0.0196. The average molecular weight is 460 g/mol. The molecule has 2 heterocycles. The molecule has 1 fully saturated rings. The van der Waals surface area contributed by atoms with Crippen LogP contribution in [0.2, 0.25) is 0 Å². The van der Waals surface area contributed by atoms with E-state index in [4.69, 9.17) is 4.74 Å². The van der Waals surface area contributed by atoms with Crippen LogP contribution in [0.5, 0.6) is 5.75 Å². The number of anilines is 1. The smallest absolute Gasteiger partial charge is 0.326 e. The van der Waals surface area contributed by atoms with Crippen molar-refractivity contribution >= 4 is 22.6 Å². The predicted octanol–water partition coefficient (Wildman–Crippen LogP) is 2.64. The Bertz CT molecular complexity index is 1200. The van der Waals surface area contributed by atoms with Gasteiger partial charge >= 0.3 is 5.69 Å². The number of aromatic amines is 1. The molecule has 0 bridgehead atoms. The van der Waals surface area contributed by atoms with Crippen LogP contribution in [0.25, 0.3) is 11.0 Å². The van der Waals surface area contributed by atoms with E-state index >= 15 is 0 Å². The molecule has 1 atom stereocenters. The van der Waals surface area contributed by atoms with Crippen molar-refractivity contribution in [3.63, 3.8) is 0 Å². The van der Waals surface area contributed by atoms with Crippen molar-refractivity contribution in [1.82, 2.24) is 14.5 Å². The van der Waals surface area contributed by atoms with Gasteiger partial charge in [-0.15, -0.1) is 0 Å². The Labute approximate surface area is 188 Å². The maximum Gasteiger partial charge on any atom is 0.326 e. The molecule has 0 aliphatic carbocycles. The Morgan fingerprint density at radius 3 is 2.64 bits per heavy atom. The molecule has 3 aromatic rings. The number of amides is 1. The van der Waals surface area contributed by atoms with E-state index < -0.39 is 17.7 Å². The first kappa shape index (κ1) is 22.9. The molecule has 0 radical (unpaired) electrons. The van der Waals surface area contributed by atoms with Crippen LogP contribution >= 0.6 is 0 Å². The Kier molecular flexibility index (Phi) is 6.75. The lowest BCUT2D eigenvalue weighted by molar-refractivity contribution is -0.114. The standard InChI is InChI=1S/C23H26F2N4O4/c1-14(30)26-19-4-2-16(25)11-22(19)33-13-18(31)12-28-8-6-17(7-9-28)29-21-5-3-15(24)10-20(21)27-23(29)32/h2-5,10-11,17-18,31H,6-9,12-13H2,1H3,(H,26,30)(H,27,32)/t18-/m0/s1. The third-order valence-corrected chi connectivity index (χ3v) is 5.76. The number of likely N-dealkylation sites (tertiary alicyclic amines) is 1. The van der Waals surface area contributed by atoms with Crippen molar-refractivity contribution in [2.45, 2.75) is 31.9 Å². The van der Waals surface area contributed by atoms with Crippen LogP contribution in [0.1, 0.15) is 25.8 Å². The van der Waals surface area contributed by atoms with E-state index in [-0.39, 0.29) is 30.0 Å². The number of rotatable bonds is 7. The second kappa shape index (κ2) is 9.72. The Morgan fingerprint density at radius 2 is 1.91 bits per heavy atom. The molecule has 1 amide bonds. The molecule has 4 rings (SSSR count). The number of aliphatic hydroxyl groups is 1. The molecule has 0 unspecified atom stereocenters. The van der Waals surface area contributed by atoms with Gasteiger partial charge in [-0.05, 0) is 43.2 Å². The fourth-order valence-electron chi connectivity index (χ4n) is 4.27. The number of ether oxygens (including phenoxy) is 1. The number of piperidine rings is 1. The number of hydrogen-bond acceptors (Lipinski definition) is 5. The second-order valence-corrected chi connectivity index (χ2v) is 8.28. The van der Waals surface area contributed by atoms with Gasteiger partial charge in [0.2, 0.25) is 5.91 Å². The fraction of sp³-hybridized carbons (Fsp3) is 0.391. The number of carbonyl (C=O) groups excluding carboxylic acids is 1. The molecule has 1 aliphatic rings. The van der Waals surface area contributed by atoms with E-state index in [1.807, 2.05) is 0 Å². The number of hydrogen-bond donors (Lipinski definition) is 3. The summed E-state index contributed by atoms with van der Waals surface area (Å²) in [6, 6.07) is 8.03. The lowest BCUT2D eigenvalue weighted by Gasteiger charge is -2.33. The fourth-order valence-corrected chi connectivity index (χ4v) is 4.27. The maximum atomic E-state index is 13.6. The molecule has 0 saturated carbocycles. The normalized spacial score (nSPS) is 16.1. The molecule has 1 aromatic heterocycles. The summed E-state index contributed by atoms with van der Waals surface area (Å²) in [4.78, 5) is 28.5. The Morgan fingerprint density at radius 1 is 1.21 bits per heavy atom. The molecule has 0 spiro atoms. The van der Waals surface area contributed by atoms with Crippen LogP contribution in [0, 0.1) is 11.6 Å². The average Bonchev–Trinajstić information content (AvgIpc) is 3.09. The Balaban J connectivity index is 1.32. The summed E-state index contributed by atoms with van der Waals surface area (Å²) in [5, 5.41) is 13.0. The summed E-state index contributed by atoms with van der Waals surface area (Å²) in [6.45, 7) is 2.96. The van der Waals surface area contributed by atoms with Crippen LogP contribution in [0.15, 0.2) is 41.2 Å². The van der Waals surface area contributed by atoms with Gasteiger partial charge < -0.3 is 25.0 Å². The minimum Gasteiger partial charge on any atom is -0.489 e. The van der Waals surface area contributed by atoms with Gasteiger partial charge in [0.25, 0.3) is 0 Å². The van der Waals surface area contributed by atoms with Crippen molar-refractivity contribution in [1.29, 1.82) is 0 Å². The molecule has 8 nitrogen and oxygen atoms in total. The monoisotopic (exact) mass is 460 g/mol. The van der Waals surface area contributed by atoms with Gasteiger partial charge in [-0.3, -0.25) is 9.36 Å². The predicted molar refractivity (Wildman–Crippen MR) is 119 cm³/mol. The van der Waals surface area contributed by atoms with Crippen molar-refractivity contribution in [3.05, 3.63) is 58.5 Å². The first-order valence-electron chi connectivity index (χ1n) is 10.8. The molecular weight excluding hydrogens is 434 g/mol. The van der Waals surface area contributed by atoms with Gasteiger partial charge in [-0.1, -0.05) is 0 Å². The highest BCUT2D eigenvalue weighted by atomic mass is 19.1. The van der Waals surface area contributed by atoms with Crippen molar-refractivity contribution in [2.75, 3.05) is 31.6 Å². The zero-order valence-corrected chi connectivity index (χ0v) is 18.2. The largest absolute Gasteiger partial charge is 0.489 e. The SMILES string of the molecule is CC(=O)Nc1ccc(F)cc1OC[C@@H](O)CN1CCC(n2c(=O)[nH]c3cc(F)ccc32)CC1. The van der Waals surface area contributed by atoms with Gasteiger partial charge in [0.1, 0.15) is 30.1 Å². The number of fused-ring (bicyclic) bond motifs is 1. The summed E-state index contributed by atoms with van der Waals surface area (Å²) in [5.41, 5.74) is 1.23. The molecule has 1 aliphatic heterocycles. The van der Waals surface area contributed by atoms with Crippen molar-refractivity contribution in [2.24, 2.45) is 0 Å². The van der Waals surface area contributed by atoms with E-state index in [1.165, 1.54) is 31.2 Å². The van der Waals surface area contributed by atoms with Crippen LogP contribution < -0.4 is 15.7 Å². The van der Waals surface area contributed by atoms with Crippen LogP contribution in [0.3, 0.4) is 0 Å². The van der Waals surface area contributed by atoms with Crippen LogP contribution in [-0.4, -0.2) is 57.8 Å². The first-order valence-corrected chi connectivity index (χ1v) is 10.8. The summed E-state index contributed by atoms with van der Waals surface area (Å²) >= 11 is 0. The van der Waals surface area contributed by atoms with Crippen LogP contribution in [-0.2, 0) is 4.79 Å². The highest BCUT2D eigenvalue weighted by Crippen LogP contribution is 2.27. The van der Waals surface area contributed by atoms with Crippen molar-refractivity contribution in [3.8, 4) is 5.75 Å². The number of aromatic nitrogens is 2. The lowest BCUT2D eigenvalue weighted by atomic mass is 10.0. The first-order chi connectivity index (χ1) is 15.8. The third kappa shape index (κ3) is 5.40. The molecule has 176 valence electrons. The maximum absolute atomic E-state index is 13.6. The van der Waals surface area contributed by atoms with E-state index in [1.54, 1.807) is 10.6 Å². The molecule has 2 aromatic carbocycles. The molecule has 1 saturated heterocycles. The number of nitrogens with zero attached hydrogens (tertiary/aromatic N) is 2. The Hall–Kier alpha value is -3.24. The topological polar surface area (TPSA) is 99.6 Å². The quantitative estimate of drug-likeness (QED) is 0.504. The summed E-state index contributed by atoms with van der Waals surface area (Å²) in [6.07, 6.45) is 0.580. The number of aliphatic hydroxyl groups excluding tert-OH is 1. The summed E-state index contributed by atoms with van der Waals surface area (Å²) in [7, 11) is 0. The van der Waals surface area contributed by atoms with E-state index in [0.29, 0.717) is 49.2 Å².